The van der Waals surface area contributed by atoms with Crippen LogP contribution in [-0.2, 0) is 6.54 Å². The number of halogens is 1. The molecule has 0 saturated heterocycles. The van der Waals surface area contributed by atoms with E-state index in [0.29, 0.717) is 6.04 Å². The topological polar surface area (TPSA) is 32.3 Å². The fourth-order valence-corrected chi connectivity index (χ4v) is 2.41. The first-order valence-electron chi connectivity index (χ1n) is 6.33. The highest BCUT2D eigenvalue weighted by Crippen LogP contribution is 2.24. The van der Waals surface area contributed by atoms with Crippen LogP contribution in [0.5, 0.6) is 5.75 Å². The van der Waals surface area contributed by atoms with Gasteiger partial charge in [-0.25, -0.2) is 0 Å². The molecule has 0 aromatic heterocycles. The van der Waals surface area contributed by atoms with Gasteiger partial charge in [0, 0.05) is 12.6 Å². The molecule has 2 N–H and O–H groups in total. The minimum absolute atomic E-state index is 0.274. The molecular formula is C16H18BrNO. The van der Waals surface area contributed by atoms with Crippen molar-refractivity contribution in [3.8, 4) is 5.75 Å². The highest BCUT2D eigenvalue weighted by molar-refractivity contribution is 9.10. The van der Waals surface area contributed by atoms with Gasteiger partial charge < -0.3 is 10.4 Å². The summed E-state index contributed by atoms with van der Waals surface area (Å²) in [6.07, 6.45) is 0. The average Bonchev–Trinajstić information content (AvgIpc) is 2.40. The largest absolute Gasteiger partial charge is 0.507 e. The molecule has 0 fully saturated rings. The van der Waals surface area contributed by atoms with Crippen molar-refractivity contribution in [2.24, 2.45) is 0 Å². The predicted octanol–water partition coefficient (Wildman–Crippen LogP) is 4.31. The van der Waals surface area contributed by atoms with E-state index in [4.69, 9.17) is 0 Å². The third-order valence-corrected chi connectivity index (χ3v) is 3.80. The van der Waals surface area contributed by atoms with Crippen LogP contribution in [0.25, 0.3) is 0 Å². The molecule has 0 unspecified atom stereocenters. The van der Waals surface area contributed by atoms with Gasteiger partial charge >= 0.3 is 0 Å². The van der Waals surface area contributed by atoms with Gasteiger partial charge in [-0.3, -0.25) is 0 Å². The van der Waals surface area contributed by atoms with E-state index in [1.807, 2.05) is 12.1 Å². The second kappa shape index (κ2) is 6.22. The van der Waals surface area contributed by atoms with E-state index in [0.717, 1.165) is 16.6 Å². The second-order valence-corrected chi connectivity index (χ2v) is 5.66. The Morgan fingerprint density at radius 3 is 2.68 bits per heavy atom. The molecule has 2 aromatic rings. The van der Waals surface area contributed by atoms with Crippen molar-refractivity contribution < 1.29 is 5.11 Å². The zero-order valence-electron chi connectivity index (χ0n) is 11.2. The van der Waals surface area contributed by atoms with Gasteiger partial charge in [0.2, 0.25) is 0 Å². The molecule has 0 heterocycles. The molecule has 2 aromatic carbocycles. The van der Waals surface area contributed by atoms with E-state index in [-0.39, 0.29) is 5.75 Å². The molecule has 0 amide bonds. The zero-order valence-corrected chi connectivity index (χ0v) is 12.7. The Kier molecular flexibility index (Phi) is 4.61. The van der Waals surface area contributed by atoms with E-state index in [1.54, 1.807) is 6.07 Å². The normalized spacial score (nSPS) is 12.4. The van der Waals surface area contributed by atoms with Crippen LogP contribution in [0.15, 0.2) is 46.9 Å². The molecule has 2 rings (SSSR count). The molecule has 0 aliphatic rings. The number of phenols is 1. The number of rotatable bonds is 4. The van der Waals surface area contributed by atoms with Gasteiger partial charge in [-0.2, -0.15) is 0 Å². The highest BCUT2D eigenvalue weighted by Gasteiger charge is 2.05. The number of benzene rings is 2. The third kappa shape index (κ3) is 3.82. The third-order valence-electron chi connectivity index (χ3n) is 3.17. The molecule has 0 bridgehead atoms. The summed E-state index contributed by atoms with van der Waals surface area (Å²) in [7, 11) is 0. The van der Waals surface area contributed by atoms with Crippen LogP contribution in [0.3, 0.4) is 0 Å². The predicted molar refractivity (Wildman–Crippen MR) is 82.2 cm³/mol. The molecule has 1 atom stereocenters. The Bertz CT molecular complexity index is 568. The van der Waals surface area contributed by atoms with Crippen LogP contribution < -0.4 is 5.32 Å². The van der Waals surface area contributed by atoms with Gasteiger partial charge in [-0.15, -0.1) is 0 Å². The van der Waals surface area contributed by atoms with Gasteiger partial charge in [-0.1, -0.05) is 35.9 Å². The number of aryl methyl sites for hydroxylation is 1. The minimum Gasteiger partial charge on any atom is -0.507 e. The summed E-state index contributed by atoms with van der Waals surface area (Å²) in [4.78, 5) is 0. The van der Waals surface area contributed by atoms with E-state index < -0.39 is 0 Å². The Morgan fingerprint density at radius 2 is 2.00 bits per heavy atom. The van der Waals surface area contributed by atoms with Crippen LogP contribution >= 0.6 is 15.9 Å². The number of hydrogen-bond donors (Lipinski definition) is 2. The molecule has 0 saturated carbocycles. The maximum Gasteiger partial charge on any atom is 0.129 e. The van der Waals surface area contributed by atoms with E-state index in [2.05, 4.69) is 59.4 Å². The number of nitrogens with one attached hydrogen (secondary N) is 1. The molecule has 3 heteroatoms. The Hall–Kier alpha value is -1.32. The van der Waals surface area contributed by atoms with Crippen molar-refractivity contribution in [2.45, 2.75) is 26.4 Å². The molecule has 0 radical (unpaired) electrons. The molecular weight excluding hydrogens is 302 g/mol. The molecule has 100 valence electrons. The van der Waals surface area contributed by atoms with Gasteiger partial charge in [0.05, 0.1) is 4.47 Å². The lowest BCUT2D eigenvalue weighted by Crippen LogP contribution is -2.18. The summed E-state index contributed by atoms with van der Waals surface area (Å²) in [5, 5.41) is 12.9. The smallest absolute Gasteiger partial charge is 0.129 e. The summed E-state index contributed by atoms with van der Waals surface area (Å²) in [5.74, 6) is 0.274. The Labute approximate surface area is 122 Å². The van der Waals surface area contributed by atoms with Crippen molar-refractivity contribution in [1.82, 2.24) is 5.32 Å². The van der Waals surface area contributed by atoms with Crippen LogP contribution in [-0.4, -0.2) is 5.11 Å². The second-order valence-electron chi connectivity index (χ2n) is 4.80. The maximum absolute atomic E-state index is 9.46. The van der Waals surface area contributed by atoms with Crippen molar-refractivity contribution in [3.05, 3.63) is 63.6 Å². The van der Waals surface area contributed by atoms with Crippen molar-refractivity contribution >= 4 is 15.9 Å². The van der Waals surface area contributed by atoms with Crippen molar-refractivity contribution in [1.29, 1.82) is 0 Å². The van der Waals surface area contributed by atoms with Gasteiger partial charge in [-0.05, 0) is 53.0 Å². The first-order valence-corrected chi connectivity index (χ1v) is 7.13. The summed E-state index contributed by atoms with van der Waals surface area (Å²) < 4.78 is 0.731. The molecule has 2 nitrogen and oxygen atoms in total. The summed E-state index contributed by atoms with van der Waals surface area (Å²) >= 11 is 3.33. The van der Waals surface area contributed by atoms with Crippen LogP contribution in [0.4, 0.5) is 0 Å². The van der Waals surface area contributed by atoms with Gasteiger partial charge in [0.1, 0.15) is 5.75 Å². The van der Waals surface area contributed by atoms with Crippen molar-refractivity contribution in [2.75, 3.05) is 0 Å². The Balaban J connectivity index is 2.00. The fraction of sp³-hybridized carbons (Fsp3) is 0.250. The number of hydrogen-bond acceptors (Lipinski definition) is 2. The SMILES string of the molecule is Cc1cccc([C@H](C)NCc2ccc(O)c(Br)c2)c1. The van der Waals surface area contributed by atoms with Crippen LogP contribution in [0, 0.1) is 6.92 Å². The lowest BCUT2D eigenvalue weighted by Gasteiger charge is -2.15. The molecule has 0 aliphatic heterocycles. The van der Waals surface area contributed by atoms with E-state index in [1.165, 1.54) is 11.1 Å². The van der Waals surface area contributed by atoms with Crippen LogP contribution in [0.2, 0.25) is 0 Å². The lowest BCUT2D eigenvalue weighted by atomic mass is 10.1. The first-order chi connectivity index (χ1) is 9.06. The standard InChI is InChI=1S/C16H18BrNO/c1-11-4-3-5-14(8-11)12(2)18-10-13-6-7-16(19)15(17)9-13/h3-9,12,18-19H,10H2,1-2H3/t12-/m0/s1. The quantitative estimate of drug-likeness (QED) is 0.879. The monoisotopic (exact) mass is 319 g/mol. The molecule has 19 heavy (non-hydrogen) atoms. The zero-order chi connectivity index (χ0) is 13.8. The lowest BCUT2D eigenvalue weighted by molar-refractivity contribution is 0.471. The Morgan fingerprint density at radius 1 is 1.21 bits per heavy atom. The first kappa shape index (κ1) is 14.1. The van der Waals surface area contributed by atoms with Gasteiger partial charge in [0.25, 0.3) is 0 Å². The fourth-order valence-electron chi connectivity index (χ4n) is 1.99. The summed E-state index contributed by atoms with van der Waals surface area (Å²) in [6.45, 7) is 5.03. The maximum atomic E-state index is 9.46. The van der Waals surface area contributed by atoms with Crippen molar-refractivity contribution in [3.63, 3.8) is 0 Å². The molecule has 0 spiro atoms. The minimum atomic E-state index is 0.274. The summed E-state index contributed by atoms with van der Waals surface area (Å²) in [5.41, 5.74) is 3.71. The highest BCUT2D eigenvalue weighted by atomic mass is 79.9. The number of aromatic hydroxyl groups is 1. The van der Waals surface area contributed by atoms with E-state index >= 15 is 0 Å². The van der Waals surface area contributed by atoms with Gasteiger partial charge in [0.15, 0.2) is 0 Å². The average molecular weight is 320 g/mol. The summed E-state index contributed by atoms with van der Waals surface area (Å²) in [6, 6.07) is 14.4. The number of phenolic OH excluding ortho intramolecular Hbond substituents is 1. The molecule has 0 aliphatic carbocycles. The van der Waals surface area contributed by atoms with E-state index in [9.17, 15) is 5.11 Å². The van der Waals surface area contributed by atoms with Crippen LogP contribution in [0.1, 0.15) is 29.7 Å².